The van der Waals surface area contributed by atoms with Gasteiger partial charge in [0, 0.05) is 24.9 Å². The molecule has 0 radical (unpaired) electrons. The van der Waals surface area contributed by atoms with Gasteiger partial charge in [-0.1, -0.05) is 72.4 Å². The molecule has 5 nitrogen and oxygen atoms in total. The van der Waals surface area contributed by atoms with Gasteiger partial charge in [0.2, 0.25) is 0 Å². The molecule has 0 saturated carbocycles. The average Bonchev–Trinajstić information content (AvgIpc) is 2.93. The topological polar surface area (TPSA) is 55.2 Å². The van der Waals surface area contributed by atoms with Crippen molar-refractivity contribution in [3.05, 3.63) is 136 Å². The summed E-state index contributed by atoms with van der Waals surface area (Å²) >= 11 is 1.41. The van der Waals surface area contributed by atoms with E-state index < -0.39 is 0 Å². The van der Waals surface area contributed by atoms with Crippen molar-refractivity contribution < 1.29 is 9.18 Å². The van der Waals surface area contributed by atoms with Gasteiger partial charge in [0.1, 0.15) is 5.82 Å². The lowest BCUT2D eigenvalue weighted by atomic mass is 10.1. The van der Waals surface area contributed by atoms with Gasteiger partial charge >= 0.3 is 0 Å². The van der Waals surface area contributed by atoms with E-state index in [0.717, 1.165) is 11.1 Å². The van der Waals surface area contributed by atoms with Crippen LogP contribution in [0.4, 0.5) is 4.39 Å². The minimum Gasteiger partial charge on any atom is -0.337 e. The van der Waals surface area contributed by atoms with Gasteiger partial charge in [-0.2, -0.15) is 0 Å². The lowest BCUT2D eigenvalue weighted by molar-refractivity contribution is 0.0785. The smallest absolute Gasteiger partial charge is 0.266 e. The molecule has 0 aliphatic rings. The molecule has 0 saturated heterocycles. The Labute approximate surface area is 218 Å². The highest BCUT2D eigenvalue weighted by atomic mass is 32.2. The van der Waals surface area contributed by atoms with E-state index in [2.05, 4.69) is 0 Å². The van der Waals surface area contributed by atoms with Crippen LogP contribution >= 0.6 is 11.8 Å². The van der Waals surface area contributed by atoms with Crippen LogP contribution in [0, 0.1) is 5.82 Å². The van der Waals surface area contributed by atoms with Crippen molar-refractivity contribution in [3.63, 3.8) is 0 Å². The van der Waals surface area contributed by atoms with Crippen LogP contribution in [0.25, 0.3) is 16.6 Å². The van der Waals surface area contributed by atoms with Crippen molar-refractivity contribution in [2.45, 2.75) is 17.5 Å². The van der Waals surface area contributed by atoms with Crippen LogP contribution < -0.4 is 5.56 Å². The fraction of sp³-hybridized carbons (Fsp3) is 0.100. The molecule has 0 fully saturated rings. The van der Waals surface area contributed by atoms with Crippen LogP contribution in [-0.2, 0) is 12.3 Å². The minimum atomic E-state index is -0.383. The van der Waals surface area contributed by atoms with Gasteiger partial charge < -0.3 is 4.90 Å². The summed E-state index contributed by atoms with van der Waals surface area (Å²) in [4.78, 5) is 33.2. The van der Waals surface area contributed by atoms with Gasteiger partial charge in [0.25, 0.3) is 11.5 Å². The Kier molecular flexibility index (Phi) is 7.14. The molecule has 0 spiro atoms. The Morgan fingerprint density at radius 2 is 1.54 bits per heavy atom. The maximum absolute atomic E-state index is 13.6. The lowest BCUT2D eigenvalue weighted by Crippen LogP contribution is -2.26. The molecule has 5 rings (SSSR count). The molecule has 0 atom stereocenters. The molecule has 1 heterocycles. The van der Waals surface area contributed by atoms with Crippen molar-refractivity contribution >= 4 is 28.6 Å². The first-order valence-electron chi connectivity index (χ1n) is 11.8. The molecule has 37 heavy (non-hydrogen) atoms. The highest BCUT2D eigenvalue weighted by molar-refractivity contribution is 7.98. The van der Waals surface area contributed by atoms with E-state index in [1.165, 1.54) is 28.5 Å². The summed E-state index contributed by atoms with van der Waals surface area (Å²) in [7, 11) is 1.75. The first-order chi connectivity index (χ1) is 18.0. The zero-order valence-electron chi connectivity index (χ0n) is 20.2. The van der Waals surface area contributed by atoms with Gasteiger partial charge in [-0.3, -0.25) is 14.2 Å². The van der Waals surface area contributed by atoms with Crippen molar-refractivity contribution in [1.82, 2.24) is 14.5 Å². The Balaban J connectivity index is 1.54. The highest BCUT2D eigenvalue weighted by Crippen LogP contribution is 2.25. The van der Waals surface area contributed by atoms with Gasteiger partial charge in [-0.15, -0.1) is 0 Å². The molecule has 0 aliphatic carbocycles. The summed E-state index contributed by atoms with van der Waals surface area (Å²) < 4.78 is 15.1. The first-order valence-corrected chi connectivity index (χ1v) is 12.8. The maximum atomic E-state index is 13.6. The molecule has 5 aromatic rings. The number of aromatic nitrogens is 2. The summed E-state index contributed by atoms with van der Waals surface area (Å²) in [6.45, 7) is 0.468. The number of amides is 1. The predicted molar refractivity (Wildman–Crippen MR) is 146 cm³/mol. The van der Waals surface area contributed by atoms with Gasteiger partial charge in [-0.05, 0) is 53.6 Å². The third kappa shape index (κ3) is 5.47. The number of carbonyl (C=O) groups is 1. The van der Waals surface area contributed by atoms with Crippen molar-refractivity contribution in [1.29, 1.82) is 0 Å². The van der Waals surface area contributed by atoms with Crippen molar-refractivity contribution in [2.75, 3.05) is 7.05 Å². The molecular formula is C30H24FN3O2S. The van der Waals surface area contributed by atoms with E-state index in [0.29, 0.717) is 39.6 Å². The minimum absolute atomic E-state index is 0.159. The van der Waals surface area contributed by atoms with E-state index in [1.807, 2.05) is 60.7 Å². The zero-order chi connectivity index (χ0) is 25.8. The summed E-state index contributed by atoms with van der Waals surface area (Å²) in [5.74, 6) is 0.0545. The maximum Gasteiger partial charge on any atom is 0.266 e. The number of halogens is 1. The summed E-state index contributed by atoms with van der Waals surface area (Å²) in [6, 6.07) is 30.4. The molecule has 1 amide bonds. The van der Waals surface area contributed by atoms with Gasteiger partial charge in [0.15, 0.2) is 5.16 Å². The number of rotatable bonds is 7. The number of hydrogen-bond acceptors (Lipinski definition) is 4. The monoisotopic (exact) mass is 509 g/mol. The largest absolute Gasteiger partial charge is 0.337 e. The van der Waals surface area contributed by atoms with Crippen molar-refractivity contribution in [2.24, 2.45) is 0 Å². The molecular weight excluding hydrogens is 485 g/mol. The van der Waals surface area contributed by atoms with Crippen molar-refractivity contribution in [3.8, 4) is 5.69 Å². The van der Waals surface area contributed by atoms with Gasteiger partial charge in [-0.25, -0.2) is 9.37 Å². The third-order valence-electron chi connectivity index (χ3n) is 5.99. The average molecular weight is 510 g/mol. The fourth-order valence-corrected chi connectivity index (χ4v) is 5.05. The van der Waals surface area contributed by atoms with Crippen LogP contribution in [0.2, 0.25) is 0 Å². The van der Waals surface area contributed by atoms with E-state index in [9.17, 15) is 14.0 Å². The fourth-order valence-electron chi connectivity index (χ4n) is 4.08. The van der Waals surface area contributed by atoms with Gasteiger partial charge in [0.05, 0.1) is 16.6 Å². The van der Waals surface area contributed by atoms with Crippen LogP contribution in [0.1, 0.15) is 21.5 Å². The van der Waals surface area contributed by atoms with E-state index in [4.69, 9.17) is 4.98 Å². The number of thioether (sulfide) groups is 1. The second-order valence-corrected chi connectivity index (χ2v) is 9.61. The number of carbonyl (C=O) groups excluding carboxylic acids is 1. The molecule has 1 aromatic heterocycles. The normalized spacial score (nSPS) is 11.0. The number of hydrogen-bond donors (Lipinski definition) is 0. The second kappa shape index (κ2) is 10.8. The SMILES string of the molecule is CN(Cc1ccccc1)C(=O)c1ccc2c(=O)n(-c3ccc(F)cc3)c(SCc3ccccc3)nc2c1. The molecule has 4 aromatic carbocycles. The van der Waals surface area contributed by atoms with Crippen LogP contribution in [-0.4, -0.2) is 27.4 Å². The van der Waals surface area contributed by atoms with E-state index in [1.54, 1.807) is 42.3 Å². The van der Waals surface area contributed by atoms with Crippen LogP contribution in [0.3, 0.4) is 0 Å². The lowest BCUT2D eigenvalue weighted by Gasteiger charge is -2.18. The number of nitrogens with zero attached hydrogens (tertiary/aromatic N) is 3. The second-order valence-electron chi connectivity index (χ2n) is 8.66. The third-order valence-corrected chi connectivity index (χ3v) is 7.00. The molecule has 7 heteroatoms. The molecule has 0 aliphatic heterocycles. The molecule has 184 valence electrons. The molecule has 0 N–H and O–H groups in total. The standard InChI is InChI=1S/C30H24FN3O2S/c1-33(19-21-8-4-2-5-9-21)28(35)23-12-17-26-27(18-23)32-30(37-20-22-10-6-3-7-11-22)34(29(26)36)25-15-13-24(31)14-16-25/h2-18H,19-20H2,1H3. The quantitative estimate of drug-likeness (QED) is 0.197. The Hall–Kier alpha value is -4.23. The Morgan fingerprint density at radius 1 is 0.892 bits per heavy atom. The zero-order valence-corrected chi connectivity index (χ0v) is 21.0. The Morgan fingerprint density at radius 3 is 2.22 bits per heavy atom. The van der Waals surface area contributed by atoms with E-state index >= 15 is 0 Å². The number of benzene rings is 4. The van der Waals surface area contributed by atoms with Crippen LogP contribution in [0.15, 0.2) is 113 Å². The summed E-state index contributed by atoms with van der Waals surface area (Å²) in [5.41, 5.74) is 3.26. The van der Waals surface area contributed by atoms with Crippen LogP contribution in [0.5, 0.6) is 0 Å². The summed E-state index contributed by atoms with van der Waals surface area (Å²) in [6.07, 6.45) is 0. The number of fused-ring (bicyclic) bond motifs is 1. The summed E-state index contributed by atoms with van der Waals surface area (Å²) in [5, 5.41) is 0.853. The highest BCUT2D eigenvalue weighted by Gasteiger charge is 2.17. The predicted octanol–water partition coefficient (Wildman–Crippen LogP) is 6.09. The molecule has 0 bridgehead atoms. The first kappa shape index (κ1) is 24.5. The Bertz CT molecular complexity index is 1600. The molecule has 0 unspecified atom stereocenters. The van der Waals surface area contributed by atoms with E-state index in [-0.39, 0.29) is 17.3 Å².